The van der Waals surface area contributed by atoms with Gasteiger partial charge in [0.1, 0.15) is 0 Å². The number of carbonyl (C=O) groups is 1. The molecule has 0 spiro atoms. The Morgan fingerprint density at radius 1 is 1.14 bits per heavy atom. The molecule has 4 nitrogen and oxygen atoms in total. The van der Waals surface area contributed by atoms with Crippen molar-refractivity contribution >= 4 is 23.3 Å². The maximum atomic E-state index is 11.0. The summed E-state index contributed by atoms with van der Waals surface area (Å²) in [6.07, 6.45) is 9.85. The zero-order valence-electron chi connectivity index (χ0n) is 13.5. The molecule has 0 aromatic carbocycles. The maximum Gasteiger partial charge on any atom is 0.305 e. The molecule has 0 heterocycles. The Morgan fingerprint density at radius 3 is 2.27 bits per heavy atom. The first-order chi connectivity index (χ1) is 10.6. The van der Waals surface area contributed by atoms with Gasteiger partial charge in [-0.1, -0.05) is 0 Å². The zero-order chi connectivity index (χ0) is 15.6. The van der Waals surface area contributed by atoms with Crippen molar-refractivity contribution < 1.29 is 9.53 Å². The number of esters is 1. The average Bonchev–Trinajstić information content (AvgIpc) is 2.48. The fourth-order valence-electron chi connectivity index (χ4n) is 5.37. The lowest BCUT2D eigenvalue weighted by molar-refractivity contribution is -0.140. The molecule has 4 aliphatic rings. The van der Waals surface area contributed by atoms with Gasteiger partial charge in [-0.3, -0.25) is 4.79 Å². The molecule has 0 aliphatic heterocycles. The van der Waals surface area contributed by atoms with Gasteiger partial charge in [0, 0.05) is 19.5 Å². The summed E-state index contributed by atoms with van der Waals surface area (Å²) in [5, 5.41) is 7.39. The molecule has 4 saturated carbocycles. The van der Waals surface area contributed by atoms with E-state index in [-0.39, 0.29) is 5.97 Å². The van der Waals surface area contributed by atoms with Gasteiger partial charge in [-0.2, -0.15) is 0 Å². The molecule has 0 amide bonds. The zero-order valence-corrected chi connectivity index (χ0v) is 14.3. The van der Waals surface area contributed by atoms with Crippen LogP contribution in [0, 0.1) is 23.2 Å². The number of methoxy groups -OCH3 is 1. The van der Waals surface area contributed by atoms with Crippen LogP contribution >= 0.6 is 12.2 Å². The van der Waals surface area contributed by atoms with Crippen molar-refractivity contribution in [1.29, 1.82) is 0 Å². The number of rotatable bonds is 6. The molecule has 124 valence electrons. The van der Waals surface area contributed by atoms with Crippen molar-refractivity contribution in [2.75, 3.05) is 20.2 Å². The van der Waals surface area contributed by atoms with Crippen LogP contribution in [-0.2, 0) is 9.53 Å². The van der Waals surface area contributed by atoms with E-state index in [0.29, 0.717) is 11.8 Å². The molecule has 5 heteroatoms. The minimum Gasteiger partial charge on any atom is -0.469 e. The summed E-state index contributed by atoms with van der Waals surface area (Å²) in [6, 6.07) is 0. The monoisotopic (exact) mass is 324 g/mol. The van der Waals surface area contributed by atoms with E-state index in [0.717, 1.165) is 42.4 Å². The number of hydrogen-bond donors (Lipinski definition) is 2. The molecule has 0 unspecified atom stereocenters. The third-order valence-corrected chi connectivity index (χ3v) is 6.15. The average molecular weight is 324 g/mol. The Hall–Kier alpha value is -0.840. The second-order valence-corrected chi connectivity index (χ2v) is 8.11. The van der Waals surface area contributed by atoms with Crippen LogP contribution < -0.4 is 10.6 Å². The predicted molar refractivity (Wildman–Crippen MR) is 90.5 cm³/mol. The van der Waals surface area contributed by atoms with Gasteiger partial charge in [0.2, 0.25) is 0 Å². The predicted octanol–water partition coefficient (Wildman–Crippen LogP) is 2.62. The van der Waals surface area contributed by atoms with Crippen molar-refractivity contribution in [3.63, 3.8) is 0 Å². The van der Waals surface area contributed by atoms with E-state index in [4.69, 9.17) is 12.2 Å². The third-order valence-electron chi connectivity index (χ3n) is 5.86. The first-order valence-electron chi connectivity index (χ1n) is 8.67. The van der Waals surface area contributed by atoms with Crippen molar-refractivity contribution in [2.45, 2.75) is 51.4 Å². The van der Waals surface area contributed by atoms with Gasteiger partial charge >= 0.3 is 5.97 Å². The lowest BCUT2D eigenvalue weighted by Gasteiger charge is -2.57. The molecule has 0 radical (unpaired) electrons. The van der Waals surface area contributed by atoms with Crippen LogP contribution in [0.1, 0.15) is 51.4 Å². The molecule has 0 aromatic rings. The molecule has 0 atom stereocenters. The largest absolute Gasteiger partial charge is 0.469 e. The molecule has 4 rings (SSSR count). The van der Waals surface area contributed by atoms with E-state index in [1.54, 1.807) is 0 Å². The Labute approximate surface area is 138 Å². The summed E-state index contributed by atoms with van der Waals surface area (Å²) in [5.74, 6) is 2.79. The lowest BCUT2D eigenvalue weighted by atomic mass is 9.49. The Kier molecular flexibility index (Phi) is 4.91. The summed E-state index contributed by atoms with van der Waals surface area (Å²) in [6.45, 7) is 1.75. The molecule has 22 heavy (non-hydrogen) atoms. The van der Waals surface area contributed by atoms with E-state index < -0.39 is 0 Å². The summed E-state index contributed by atoms with van der Waals surface area (Å²) in [7, 11) is 1.42. The minimum atomic E-state index is -0.158. The third kappa shape index (κ3) is 3.73. The van der Waals surface area contributed by atoms with Gasteiger partial charge in [0.25, 0.3) is 0 Å². The lowest BCUT2D eigenvalue weighted by Crippen LogP contribution is -2.52. The van der Waals surface area contributed by atoms with Crippen LogP contribution in [0.4, 0.5) is 0 Å². The number of hydrogen-bond acceptors (Lipinski definition) is 3. The van der Waals surface area contributed by atoms with Gasteiger partial charge in [-0.05, 0) is 80.3 Å². The molecule has 0 aromatic heterocycles. The first-order valence-corrected chi connectivity index (χ1v) is 9.08. The SMILES string of the molecule is COC(=O)CCCNC(=S)NCC12CC3CC(CC(C3)C1)C2. The van der Waals surface area contributed by atoms with Crippen molar-refractivity contribution in [3.8, 4) is 0 Å². The van der Waals surface area contributed by atoms with Gasteiger partial charge < -0.3 is 15.4 Å². The van der Waals surface area contributed by atoms with Gasteiger partial charge in [-0.25, -0.2) is 0 Å². The van der Waals surface area contributed by atoms with Crippen LogP contribution in [0.3, 0.4) is 0 Å². The van der Waals surface area contributed by atoms with E-state index in [1.165, 1.54) is 45.6 Å². The molecular formula is C17H28N2O2S. The van der Waals surface area contributed by atoms with Gasteiger partial charge in [0.05, 0.1) is 7.11 Å². The fraction of sp³-hybridized carbons (Fsp3) is 0.882. The van der Waals surface area contributed by atoms with Gasteiger partial charge in [0.15, 0.2) is 5.11 Å². The highest BCUT2D eigenvalue weighted by Gasteiger charge is 2.50. The molecule has 4 fully saturated rings. The molecule has 4 aliphatic carbocycles. The fourth-order valence-corrected chi connectivity index (χ4v) is 5.55. The summed E-state index contributed by atoms with van der Waals surface area (Å²) < 4.78 is 4.63. The van der Waals surface area contributed by atoms with Crippen molar-refractivity contribution in [3.05, 3.63) is 0 Å². The smallest absolute Gasteiger partial charge is 0.305 e. The van der Waals surface area contributed by atoms with E-state index in [1.807, 2.05) is 0 Å². The molecule has 4 bridgehead atoms. The second-order valence-electron chi connectivity index (χ2n) is 7.71. The van der Waals surface area contributed by atoms with Crippen molar-refractivity contribution in [1.82, 2.24) is 10.6 Å². The van der Waals surface area contributed by atoms with E-state index in [2.05, 4.69) is 15.4 Å². The highest BCUT2D eigenvalue weighted by molar-refractivity contribution is 7.80. The van der Waals surface area contributed by atoms with E-state index in [9.17, 15) is 4.79 Å². The first kappa shape index (κ1) is 16.0. The van der Waals surface area contributed by atoms with Crippen LogP contribution in [-0.4, -0.2) is 31.3 Å². The maximum absolute atomic E-state index is 11.0. The Balaban J connectivity index is 1.37. The minimum absolute atomic E-state index is 0.158. The Bertz CT molecular complexity index is 403. The standard InChI is InChI=1S/C17H28N2O2S/c1-21-15(20)3-2-4-18-16(22)19-11-17-8-12-5-13(9-17)7-14(6-12)10-17/h12-14H,2-11H2,1H3,(H2,18,19,22). The summed E-state index contributed by atoms with van der Waals surface area (Å²) >= 11 is 5.38. The van der Waals surface area contributed by atoms with Gasteiger partial charge in [-0.15, -0.1) is 0 Å². The summed E-state index contributed by atoms with van der Waals surface area (Å²) in [5.41, 5.74) is 0.506. The highest BCUT2D eigenvalue weighted by Crippen LogP contribution is 2.59. The number of thiocarbonyl (C=S) groups is 1. The molecule has 0 saturated heterocycles. The summed E-state index contributed by atoms with van der Waals surface area (Å²) in [4.78, 5) is 11.0. The quantitative estimate of drug-likeness (QED) is 0.447. The van der Waals surface area contributed by atoms with Crippen molar-refractivity contribution in [2.24, 2.45) is 23.2 Å². The second kappa shape index (κ2) is 6.73. The molecule has 2 N–H and O–H groups in total. The van der Waals surface area contributed by atoms with Crippen LogP contribution in [0.25, 0.3) is 0 Å². The number of carbonyl (C=O) groups excluding carboxylic acids is 1. The van der Waals surface area contributed by atoms with Crippen LogP contribution in [0.5, 0.6) is 0 Å². The van der Waals surface area contributed by atoms with Crippen LogP contribution in [0.2, 0.25) is 0 Å². The number of ether oxygens (including phenoxy) is 1. The molecular weight excluding hydrogens is 296 g/mol. The highest BCUT2D eigenvalue weighted by atomic mass is 32.1. The number of nitrogens with one attached hydrogen (secondary N) is 2. The topological polar surface area (TPSA) is 50.4 Å². The normalized spacial score (nSPS) is 35.2. The van der Waals surface area contributed by atoms with E-state index >= 15 is 0 Å². The van der Waals surface area contributed by atoms with Crippen LogP contribution in [0.15, 0.2) is 0 Å². The Morgan fingerprint density at radius 2 is 1.73 bits per heavy atom.